The zero-order valence-corrected chi connectivity index (χ0v) is 36.3. The van der Waals surface area contributed by atoms with E-state index in [0.717, 1.165) is 111 Å². The Bertz CT molecular complexity index is 3510. The fourth-order valence-corrected chi connectivity index (χ4v) is 8.84. The van der Waals surface area contributed by atoms with Crippen LogP contribution in [0.25, 0.3) is 123 Å². The van der Waals surface area contributed by atoms with Crippen LogP contribution < -0.4 is 0 Å². The third kappa shape index (κ3) is 7.96. The summed E-state index contributed by atoms with van der Waals surface area (Å²) in [7, 11) is 0. The van der Waals surface area contributed by atoms with Gasteiger partial charge in [0.05, 0.1) is 22.8 Å². The number of hydrogen-bond acceptors (Lipinski definition) is 5. The Kier molecular flexibility index (Phi) is 10.1. The van der Waals surface area contributed by atoms with E-state index in [-0.39, 0.29) is 0 Å². The molecule has 0 atom stereocenters. The van der Waals surface area contributed by atoms with Crippen molar-refractivity contribution in [3.63, 3.8) is 0 Å². The van der Waals surface area contributed by atoms with Crippen molar-refractivity contribution in [2.75, 3.05) is 0 Å². The van der Waals surface area contributed by atoms with Crippen molar-refractivity contribution in [2.45, 2.75) is 0 Å². The summed E-state index contributed by atoms with van der Waals surface area (Å²) in [5.41, 5.74) is 17.3. The van der Waals surface area contributed by atoms with E-state index in [2.05, 4.69) is 182 Å². The molecule has 67 heavy (non-hydrogen) atoms. The normalized spacial score (nSPS) is 11.3. The minimum atomic E-state index is 0.642. The van der Waals surface area contributed by atoms with E-state index in [1.54, 1.807) is 0 Å². The third-order valence-corrected chi connectivity index (χ3v) is 12.3. The number of para-hydroxylation sites is 1. The molecular weight excluding hydrogens is 817 g/mol. The smallest absolute Gasteiger partial charge is 0.160 e. The van der Waals surface area contributed by atoms with Crippen LogP contribution in [0.15, 0.2) is 247 Å². The van der Waals surface area contributed by atoms with Gasteiger partial charge in [0.25, 0.3) is 0 Å². The minimum Gasteiger partial charge on any atom is -0.456 e. The van der Waals surface area contributed by atoms with Gasteiger partial charge in [-0.15, -0.1) is 0 Å². The summed E-state index contributed by atoms with van der Waals surface area (Å²) in [6.07, 6.45) is 0. The SMILES string of the molecule is c1ccc(-c2ccc(-c3nc(-c4ccccc4)cc(-c4cc(-c5ccc6oc7ccccc7c6c5)cc(-c5cc(-c6ccccc6)nc(-c6ccc(-c7ccccc7)cc6)n5)c4)n3)cc2)cc1. The second kappa shape index (κ2) is 17.1. The van der Waals surface area contributed by atoms with E-state index in [4.69, 9.17) is 24.4 Å². The minimum absolute atomic E-state index is 0.642. The van der Waals surface area contributed by atoms with Crippen LogP contribution in [-0.4, -0.2) is 19.9 Å². The lowest BCUT2D eigenvalue weighted by Gasteiger charge is -2.14. The quantitative estimate of drug-likeness (QED) is 0.145. The van der Waals surface area contributed by atoms with E-state index in [0.29, 0.717) is 11.6 Å². The summed E-state index contributed by atoms with van der Waals surface area (Å²) >= 11 is 0. The third-order valence-electron chi connectivity index (χ3n) is 12.3. The Morgan fingerprint density at radius 1 is 0.209 bits per heavy atom. The highest BCUT2D eigenvalue weighted by atomic mass is 16.3. The zero-order valence-electron chi connectivity index (χ0n) is 36.3. The molecule has 0 fully saturated rings. The lowest BCUT2D eigenvalue weighted by atomic mass is 9.95. The van der Waals surface area contributed by atoms with Gasteiger partial charge in [0.2, 0.25) is 0 Å². The highest BCUT2D eigenvalue weighted by Gasteiger charge is 2.18. The van der Waals surface area contributed by atoms with Crippen molar-refractivity contribution in [3.8, 4) is 101 Å². The first-order valence-electron chi connectivity index (χ1n) is 22.4. The molecule has 314 valence electrons. The molecule has 0 aliphatic carbocycles. The van der Waals surface area contributed by atoms with Gasteiger partial charge in [0.1, 0.15) is 11.2 Å². The molecule has 5 nitrogen and oxygen atoms in total. The summed E-state index contributed by atoms with van der Waals surface area (Å²) in [6, 6.07) is 84.0. The number of hydrogen-bond donors (Lipinski definition) is 0. The molecule has 12 rings (SSSR count). The first-order chi connectivity index (χ1) is 33.1. The van der Waals surface area contributed by atoms with Crippen molar-refractivity contribution in [1.82, 2.24) is 19.9 Å². The molecule has 0 unspecified atom stereocenters. The molecule has 0 saturated heterocycles. The summed E-state index contributed by atoms with van der Waals surface area (Å²) in [5, 5.41) is 2.14. The summed E-state index contributed by atoms with van der Waals surface area (Å²) in [4.78, 5) is 21.1. The zero-order chi connectivity index (χ0) is 44.5. The maximum Gasteiger partial charge on any atom is 0.160 e. The topological polar surface area (TPSA) is 64.7 Å². The number of benzene rings is 9. The molecule has 0 saturated carbocycles. The number of nitrogens with zero attached hydrogens (tertiary/aromatic N) is 4. The summed E-state index contributed by atoms with van der Waals surface area (Å²) in [5.74, 6) is 1.28. The lowest BCUT2D eigenvalue weighted by molar-refractivity contribution is 0.669. The second-order valence-corrected chi connectivity index (χ2v) is 16.7. The maximum absolute atomic E-state index is 6.28. The largest absolute Gasteiger partial charge is 0.456 e. The average Bonchev–Trinajstić information content (AvgIpc) is 3.80. The van der Waals surface area contributed by atoms with E-state index in [1.165, 1.54) is 0 Å². The van der Waals surface area contributed by atoms with E-state index in [9.17, 15) is 0 Å². The van der Waals surface area contributed by atoms with Gasteiger partial charge in [-0.25, -0.2) is 19.9 Å². The first-order valence-corrected chi connectivity index (χ1v) is 22.4. The standard InChI is InChI=1S/C62H40N4O/c1-5-15-41(16-6-1)43-25-29-47(30-26-43)61-63-55(45-19-9-3-10-20-45)39-57(65-61)51-35-50(49-33-34-60-54(38-49)53-23-13-14-24-59(53)67-60)36-52(37-51)58-40-56(46-21-11-4-12-22-46)64-62(66-58)48-31-27-44(28-32-48)42-17-7-2-8-18-42/h1-40H. The van der Waals surface area contributed by atoms with Crippen molar-refractivity contribution in [1.29, 1.82) is 0 Å². The highest BCUT2D eigenvalue weighted by Crippen LogP contribution is 2.39. The fraction of sp³-hybridized carbons (Fsp3) is 0. The molecule has 0 bridgehead atoms. The Morgan fingerprint density at radius 2 is 0.552 bits per heavy atom. The van der Waals surface area contributed by atoms with Crippen LogP contribution in [0.1, 0.15) is 0 Å². The van der Waals surface area contributed by atoms with Crippen molar-refractivity contribution in [2.24, 2.45) is 0 Å². The number of furan rings is 1. The number of aromatic nitrogens is 4. The molecule has 12 aromatic rings. The molecule has 0 radical (unpaired) electrons. The number of rotatable bonds is 9. The van der Waals surface area contributed by atoms with Crippen molar-refractivity contribution in [3.05, 3.63) is 243 Å². The van der Waals surface area contributed by atoms with Crippen LogP contribution in [0, 0.1) is 0 Å². The first kappa shape index (κ1) is 39.5. The monoisotopic (exact) mass is 856 g/mol. The van der Waals surface area contributed by atoms with Crippen LogP contribution in [-0.2, 0) is 0 Å². The highest BCUT2D eigenvalue weighted by molar-refractivity contribution is 6.06. The Hall–Kier alpha value is -9.06. The predicted octanol–water partition coefficient (Wildman–Crippen LogP) is 16.2. The molecule has 5 heteroatoms. The van der Waals surface area contributed by atoms with Crippen molar-refractivity contribution < 1.29 is 4.42 Å². The summed E-state index contributed by atoms with van der Waals surface area (Å²) in [6.45, 7) is 0. The van der Waals surface area contributed by atoms with E-state index in [1.807, 2.05) is 60.7 Å². The second-order valence-electron chi connectivity index (χ2n) is 16.7. The van der Waals surface area contributed by atoms with Gasteiger partial charge >= 0.3 is 0 Å². The maximum atomic E-state index is 6.28. The Morgan fingerprint density at radius 3 is 1.03 bits per heavy atom. The van der Waals surface area contributed by atoms with Gasteiger partial charge < -0.3 is 4.42 Å². The summed E-state index contributed by atoms with van der Waals surface area (Å²) < 4.78 is 6.28. The van der Waals surface area contributed by atoms with Crippen LogP contribution >= 0.6 is 0 Å². The van der Waals surface area contributed by atoms with Crippen LogP contribution in [0.4, 0.5) is 0 Å². The Labute approximate surface area is 388 Å². The van der Waals surface area contributed by atoms with Gasteiger partial charge in [-0.3, -0.25) is 0 Å². The van der Waals surface area contributed by atoms with Crippen LogP contribution in [0.2, 0.25) is 0 Å². The average molecular weight is 857 g/mol. The molecule has 0 aliphatic heterocycles. The lowest BCUT2D eigenvalue weighted by Crippen LogP contribution is -1.98. The molecular formula is C62H40N4O. The molecule has 0 spiro atoms. The van der Waals surface area contributed by atoms with E-state index >= 15 is 0 Å². The van der Waals surface area contributed by atoms with Gasteiger partial charge in [-0.1, -0.05) is 194 Å². The predicted molar refractivity (Wildman–Crippen MR) is 274 cm³/mol. The van der Waals surface area contributed by atoms with Crippen molar-refractivity contribution >= 4 is 21.9 Å². The van der Waals surface area contributed by atoms with Gasteiger partial charge in [0, 0.05) is 44.2 Å². The molecule has 3 aromatic heterocycles. The molecule has 0 N–H and O–H groups in total. The Balaban J connectivity index is 1.06. The molecule has 0 aliphatic rings. The van der Waals surface area contributed by atoms with Crippen LogP contribution in [0.3, 0.4) is 0 Å². The fourth-order valence-electron chi connectivity index (χ4n) is 8.84. The van der Waals surface area contributed by atoms with Crippen LogP contribution in [0.5, 0.6) is 0 Å². The van der Waals surface area contributed by atoms with E-state index < -0.39 is 0 Å². The number of fused-ring (bicyclic) bond motifs is 3. The van der Waals surface area contributed by atoms with Gasteiger partial charge in [-0.05, 0) is 81.9 Å². The molecule has 9 aromatic carbocycles. The molecule has 0 amide bonds. The van der Waals surface area contributed by atoms with Gasteiger partial charge in [0.15, 0.2) is 11.6 Å². The molecule has 3 heterocycles. The van der Waals surface area contributed by atoms with Gasteiger partial charge in [-0.2, -0.15) is 0 Å².